The number of sulfonamides is 1. The zero-order valence-electron chi connectivity index (χ0n) is 16.5. The van der Waals surface area contributed by atoms with Crippen molar-refractivity contribution in [1.29, 1.82) is 0 Å². The zero-order chi connectivity index (χ0) is 20.4. The molecule has 1 aliphatic heterocycles. The number of piperidine rings is 1. The molecule has 152 valence electrons. The van der Waals surface area contributed by atoms with Crippen molar-refractivity contribution in [3.05, 3.63) is 60.3 Å². The van der Waals surface area contributed by atoms with Crippen LogP contribution in [0.1, 0.15) is 25.0 Å². The van der Waals surface area contributed by atoms with Gasteiger partial charge in [-0.05, 0) is 49.4 Å². The highest BCUT2D eigenvalue weighted by atomic mass is 32.2. The van der Waals surface area contributed by atoms with E-state index in [1.165, 1.54) is 4.31 Å². The maximum absolute atomic E-state index is 13.1. The summed E-state index contributed by atoms with van der Waals surface area (Å²) in [4.78, 5) is 12.9. The van der Waals surface area contributed by atoms with Crippen molar-refractivity contribution in [3.63, 3.8) is 0 Å². The zero-order valence-corrected chi connectivity index (χ0v) is 17.3. The number of carbonyl (C=O) groups excluding carboxylic acids is 1. The Labute approximate surface area is 171 Å². The van der Waals surface area contributed by atoms with E-state index >= 15 is 0 Å². The largest absolute Gasteiger partial charge is 0.335 e. The SMILES string of the molecule is Cc1cc2ccccc2n1CC(=O)Nc1ccccc1S(=O)(=O)N1CCCCC1. The second-order valence-corrected chi connectivity index (χ2v) is 9.35. The molecule has 6 nitrogen and oxygen atoms in total. The molecule has 1 saturated heterocycles. The van der Waals surface area contributed by atoms with E-state index < -0.39 is 10.0 Å². The van der Waals surface area contributed by atoms with E-state index in [0.29, 0.717) is 18.8 Å². The first-order valence-electron chi connectivity index (χ1n) is 9.91. The van der Waals surface area contributed by atoms with Gasteiger partial charge in [0.15, 0.2) is 0 Å². The summed E-state index contributed by atoms with van der Waals surface area (Å²) in [7, 11) is -3.63. The van der Waals surface area contributed by atoms with Crippen LogP contribution in [0.4, 0.5) is 5.69 Å². The molecule has 0 saturated carbocycles. The summed E-state index contributed by atoms with van der Waals surface area (Å²) < 4.78 is 29.7. The van der Waals surface area contributed by atoms with Crippen LogP contribution in [0.15, 0.2) is 59.5 Å². The van der Waals surface area contributed by atoms with Gasteiger partial charge in [-0.25, -0.2) is 8.42 Å². The van der Waals surface area contributed by atoms with Gasteiger partial charge in [0.1, 0.15) is 11.4 Å². The van der Waals surface area contributed by atoms with E-state index in [-0.39, 0.29) is 17.3 Å². The fraction of sp³-hybridized carbons (Fsp3) is 0.318. The van der Waals surface area contributed by atoms with Gasteiger partial charge in [0.25, 0.3) is 0 Å². The Morgan fingerprint density at radius 3 is 2.48 bits per heavy atom. The maximum atomic E-state index is 13.1. The van der Waals surface area contributed by atoms with E-state index in [2.05, 4.69) is 5.32 Å². The highest BCUT2D eigenvalue weighted by Crippen LogP contribution is 2.27. The van der Waals surface area contributed by atoms with E-state index in [1.54, 1.807) is 24.3 Å². The number of rotatable bonds is 5. The molecule has 1 fully saturated rings. The first kappa shape index (κ1) is 19.7. The van der Waals surface area contributed by atoms with Crippen LogP contribution < -0.4 is 5.32 Å². The van der Waals surface area contributed by atoms with Crippen molar-refractivity contribution in [2.24, 2.45) is 0 Å². The Hall–Kier alpha value is -2.64. The van der Waals surface area contributed by atoms with Crippen LogP contribution in [0, 0.1) is 6.92 Å². The molecular formula is C22H25N3O3S. The molecule has 1 aliphatic rings. The lowest BCUT2D eigenvalue weighted by atomic mass is 10.2. The van der Waals surface area contributed by atoms with Gasteiger partial charge in [-0.1, -0.05) is 36.8 Å². The number of para-hydroxylation sites is 2. The lowest BCUT2D eigenvalue weighted by Crippen LogP contribution is -2.36. The van der Waals surface area contributed by atoms with Crippen molar-refractivity contribution in [1.82, 2.24) is 8.87 Å². The van der Waals surface area contributed by atoms with Crippen LogP contribution in [0.25, 0.3) is 10.9 Å². The van der Waals surface area contributed by atoms with Gasteiger partial charge in [0, 0.05) is 24.3 Å². The third-order valence-electron chi connectivity index (χ3n) is 5.41. The van der Waals surface area contributed by atoms with E-state index in [4.69, 9.17) is 0 Å². The predicted octanol–water partition coefficient (Wildman–Crippen LogP) is 3.76. The number of fused-ring (bicyclic) bond motifs is 1. The topological polar surface area (TPSA) is 71.4 Å². The normalized spacial score (nSPS) is 15.5. The summed E-state index contributed by atoms with van der Waals surface area (Å²) in [6, 6.07) is 16.6. The average molecular weight is 412 g/mol. The summed E-state index contributed by atoms with van der Waals surface area (Å²) in [5, 5.41) is 3.90. The second-order valence-electron chi connectivity index (χ2n) is 7.44. The number of aryl methyl sites for hydroxylation is 1. The molecule has 1 N–H and O–H groups in total. The standard InChI is InChI=1S/C22H25N3O3S/c1-17-15-18-9-3-5-11-20(18)25(17)16-22(26)23-19-10-4-6-12-21(19)29(27,28)24-13-7-2-8-14-24/h3-6,9-12,15H,2,7-8,13-14,16H2,1H3,(H,23,26). The molecule has 0 aliphatic carbocycles. The first-order chi connectivity index (χ1) is 14.0. The number of anilines is 1. The molecular weight excluding hydrogens is 386 g/mol. The summed E-state index contributed by atoms with van der Waals surface area (Å²) in [6.45, 7) is 3.14. The number of carbonyl (C=O) groups is 1. The molecule has 0 atom stereocenters. The minimum absolute atomic E-state index is 0.122. The smallest absolute Gasteiger partial charge is 0.245 e. The second kappa shape index (κ2) is 8.00. The Bertz CT molecular complexity index is 1150. The number of amides is 1. The van der Waals surface area contributed by atoms with Crippen molar-refractivity contribution in [3.8, 4) is 0 Å². The number of nitrogens with zero attached hydrogens (tertiary/aromatic N) is 2. The molecule has 2 aromatic carbocycles. The van der Waals surface area contributed by atoms with Crippen molar-refractivity contribution in [2.45, 2.75) is 37.6 Å². The lowest BCUT2D eigenvalue weighted by molar-refractivity contribution is -0.116. The van der Waals surface area contributed by atoms with Gasteiger partial charge in [-0.15, -0.1) is 0 Å². The third kappa shape index (κ3) is 3.93. The van der Waals surface area contributed by atoms with Gasteiger partial charge in [0.05, 0.1) is 5.69 Å². The molecule has 0 spiro atoms. The van der Waals surface area contributed by atoms with Crippen LogP contribution in [-0.2, 0) is 21.4 Å². The number of benzene rings is 2. The maximum Gasteiger partial charge on any atom is 0.245 e. The Balaban J connectivity index is 1.58. The van der Waals surface area contributed by atoms with Gasteiger partial charge >= 0.3 is 0 Å². The number of hydrogen-bond acceptors (Lipinski definition) is 3. The van der Waals surface area contributed by atoms with Crippen molar-refractivity contribution < 1.29 is 13.2 Å². The predicted molar refractivity (Wildman–Crippen MR) is 114 cm³/mol. The number of nitrogens with one attached hydrogen (secondary N) is 1. The molecule has 1 aromatic heterocycles. The minimum Gasteiger partial charge on any atom is -0.335 e. The van der Waals surface area contributed by atoms with Crippen molar-refractivity contribution >= 4 is 32.5 Å². The molecule has 1 amide bonds. The average Bonchev–Trinajstić information content (AvgIpc) is 3.04. The number of hydrogen-bond donors (Lipinski definition) is 1. The molecule has 0 bridgehead atoms. The quantitative estimate of drug-likeness (QED) is 0.695. The molecule has 0 radical (unpaired) electrons. The van der Waals surface area contributed by atoms with Gasteiger partial charge in [0.2, 0.25) is 15.9 Å². The van der Waals surface area contributed by atoms with E-state index in [0.717, 1.165) is 35.9 Å². The monoisotopic (exact) mass is 411 g/mol. The van der Waals surface area contributed by atoms with Crippen LogP contribution >= 0.6 is 0 Å². The summed E-state index contributed by atoms with van der Waals surface area (Å²) in [5.41, 5.74) is 2.29. The molecule has 3 aromatic rings. The van der Waals surface area contributed by atoms with E-state index in [9.17, 15) is 13.2 Å². The van der Waals surface area contributed by atoms with E-state index in [1.807, 2.05) is 41.8 Å². The third-order valence-corrected chi connectivity index (χ3v) is 7.37. The van der Waals surface area contributed by atoms with Crippen LogP contribution in [0.5, 0.6) is 0 Å². The Kier molecular flexibility index (Phi) is 5.43. The Morgan fingerprint density at radius 2 is 1.69 bits per heavy atom. The number of aromatic nitrogens is 1. The highest BCUT2D eigenvalue weighted by molar-refractivity contribution is 7.89. The molecule has 29 heavy (non-hydrogen) atoms. The minimum atomic E-state index is -3.63. The highest BCUT2D eigenvalue weighted by Gasteiger charge is 2.28. The van der Waals surface area contributed by atoms with Crippen molar-refractivity contribution in [2.75, 3.05) is 18.4 Å². The molecule has 4 rings (SSSR count). The van der Waals surface area contributed by atoms with Gasteiger partial charge in [-0.3, -0.25) is 4.79 Å². The molecule has 2 heterocycles. The van der Waals surface area contributed by atoms with Gasteiger partial charge < -0.3 is 9.88 Å². The lowest BCUT2D eigenvalue weighted by Gasteiger charge is -2.26. The fourth-order valence-electron chi connectivity index (χ4n) is 3.93. The van der Waals surface area contributed by atoms with Gasteiger partial charge in [-0.2, -0.15) is 4.31 Å². The summed E-state index contributed by atoms with van der Waals surface area (Å²) in [6.07, 6.45) is 2.79. The van der Waals surface area contributed by atoms with Crippen LogP contribution in [0.2, 0.25) is 0 Å². The summed E-state index contributed by atoms with van der Waals surface area (Å²) in [5.74, 6) is -0.254. The molecule has 0 unspecified atom stereocenters. The summed E-state index contributed by atoms with van der Waals surface area (Å²) >= 11 is 0. The molecule has 7 heteroatoms. The first-order valence-corrected chi connectivity index (χ1v) is 11.3. The fourth-order valence-corrected chi connectivity index (χ4v) is 5.60. The Morgan fingerprint density at radius 1 is 1.00 bits per heavy atom. The van der Waals surface area contributed by atoms with Crippen LogP contribution in [0.3, 0.4) is 0 Å². The van der Waals surface area contributed by atoms with Crippen LogP contribution in [-0.4, -0.2) is 36.3 Å².